The number of carbonyl (C=O) groups is 1. The summed E-state index contributed by atoms with van der Waals surface area (Å²) in [7, 11) is 2.08. The van der Waals surface area contributed by atoms with Crippen molar-refractivity contribution < 1.29 is 9.53 Å². The molecule has 1 rings (SSSR count). The fraction of sp³-hybridized carbons (Fsp3) is 0.900. The van der Waals surface area contributed by atoms with Gasteiger partial charge in [0.1, 0.15) is 0 Å². The van der Waals surface area contributed by atoms with Gasteiger partial charge in [-0.1, -0.05) is 0 Å². The van der Waals surface area contributed by atoms with E-state index in [9.17, 15) is 4.79 Å². The number of amides is 1. The molecule has 1 aliphatic heterocycles. The van der Waals surface area contributed by atoms with Crippen molar-refractivity contribution in [3.05, 3.63) is 0 Å². The fourth-order valence-corrected chi connectivity index (χ4v) is 1.91. The summed E-state index contributed by atoms with van der Waals surface area (Å²) in [5, 5.41) is 0. The minimum Gasteiger partial charge on any atom is -0.450 e. The number of likely N-dealkylation sites (tertiary alicyclic amines) is 1. The van der Waals surface area contributed by atoms with Crippen LogP contribution in [0.1, 0.15) is 20.3 Å². The van der Waals surface area contributed by atoms with Gasteiger partial charge in [-0.3, -0.25) is 0 Å². The van der Waals surface area contributed by atoms with Gasteiger partial charge in [-0.05, 0) is 33.9 Å². The molecular weight excluding hydrogens is 180 g/mol. The first kappa shape index (κ1) is 11.3. The van der Waals surface area contributed by atoms with Crippen molar-refractivity contribution in [1.29, 1.82) is 0 Å². The van der Waals surface area contributed by atoms with E-state index >= 15 is 0 Å². The van der Waals surface area contributed by atoms with Crippen LogP contribution in [0.15, 0.2) is 0 Å². The van der Waals surface area contributed by atoms with Gasteiger partial charge >= 0.3 is 6.09 Å². The van der Waals surface area contributed by atoms with Crippen molar-refractivity contribution in [2.24, 2.45) is 0 Å². The maximum absolute atomic E-state index is 11.6. The number of carbonyl (C=O) groups excluding carboxylic acids is 1. The third-order valence-corrected chi connectivity index (χ3v) is 2.65. The lowest BCUT2D eigenvalue weighted by atomic mass is 10.2. The Hall–Kier alpha value is -0.770. The van der Waals surface area contributed by atoms with Crippen LogP contribution in [0, 0.1) is 0 Å². The molecule has 0 N–H and O–H groups in total. The zero-order chi connectivity index (χ0) is 10.6. The molecule has 0 aromatic heterocycles. The molecule has 1 heterocycles. The fourth-order valence-electron chi connectivity index (χ4n) is 1.91. The Morgan fingerprint density at radius 3 is 2.71 bits per heavy atom. The molecule has 0 aromatic carbocycles. The molecule has 0 bridgehead atoms. The predicted molar refractivity (Wildman–Crippen MR) is 55.3 cm³/mol. The van der Waals surface area contributed by atoms with Gasteiger partial charge in [0.25, 0.3) is 0 Å². The van der Waals surface area contributed by atoms with Crippen molar-refractivity contribution in [2.75, 3.05) is 33.3 Å². The SMILES string of the molecule is CCOC(=O)N(CC)C1CCN(C)C1. The average molecular weight is 200 g/mol. The standard InChI is InChI=1S/C10H20N2O2/c1-4-12(10(13)14-5-2)9-6-7-11(3)8-9/h9H,4-8H2,1-3H3. The Kier molecular flexibility index (Phi) is 4.20. The maximum Gasteiger partial charge on any atom is 0.410 e. The van der Waals surface area contributed by atoms with Crippen LogP contribution in [0.4, 0.5) is 4.79 Å². The second-order valence-electron chi connectivity index (χ2n) is 3.69. The molecule has 1 fully saturated rings. The highest BCUT2D eigenvalue weighted by Crippen LogP contribution is 2.14. The third kappa shape index (κ3) is 2.61. The Balaban J connectivity index is 2.49. The average Bonchev–Trinajstić information content (AvgIpc) is 2.54. The Bertz CT molecular complexity index is 197. The summed E-state index contributed by atoms with van der Waals surface area (Å²) < 4.78 is 5.01. The van der Waals surface area contributed by atoms with Crippen LogP contribution in [-0.2, 0) is 4.74 Å². The van der Waals surface area contributed by atoms with E-state index in [0.29, 0.717) is 12.6 Å². The molecule has 4 nitrogen and oxygen atoms in total. The van der Waals surface area contributed by atoms with Crippen LogP contribution in [0.5, 0.6) is 0 Å². The Morgan fingerprint density at radius 2 is 2.29 bits per heavy atom. The van der Waals surface area contributed by atoms with Crippen LogP contribution in [0.3, 0.4) is 0 Å². The summed E-state index contributed by atoms with van der Waals surface area (Å²) >= 11 is 0. The molecule has 0 aliphatic carbocycles. The highest BCUT2D eigenvalue weighted by molar-refractivity contribution is 5.68. The first-order valence-corrected chi connectivity index (χ1v) is 5.31. The van der Waals surface area contributed by atoms with Gasteiger partial charge < -0.3 is 14.5 Å². The molecule has 1 saturated heterocycles. The lowest BCUT2D eigenvalue weighted by molar-refractivity contribution is 0.0939. The Labute approximate surface area is 85.8 Å². The van der Waals surface area contributed by atoms with Gasteiger partial charge in [0.15, 0.2) is 0 Å². The van der Waals surface area contributed by atoms with E-state index in [1.807, 2.05) is 18.7 Å². The summed E-state index contributed by atoms with van der Waals surface area (Å²) in [6.45, 7) is 7.06. The van der Waals surface area contributed by atoms with Gasteiger partial charge in [-0.25, -0.2) is 4.79 Å². The lowest BCUT2D eigenvalue weighted by Gasteiger charge is -2.26. The molecule has 1 unspecified atom stereocenters. The van der Waals surface area contributed by atoms with Crippen LogP contribution in [0.25, 0.3) is 0 Å². The van der Waals surface area contributed by atoms with Gasteiger partial charge in [0.2, 0.25) is 0 Å². The van der Waals surface area contributed by atoms with E-state index < -0.39 is 0 Å². The lowest BCUT2D eigenvalue weighted by Crippen LogP contribution is -2.41. The highest BCUT2D eigenvalue weighted by atomic mass is 16.6. The second-order valence-corrected chi connectivity index (χ2v) is 3.69. The number of hydrogen-bond donors (Lipinski definition) is 0. The highest BCUT2D eigenvalue weighted by Gasteiger charge is 2.28. The van der Waals surface area contributed by atoms with E-state index in [2.05, 4.69) is 11.9 Å². The predicted octanol–water partition coefficient (Wildman–Crippen LogP) is 1.17. The van der Waals surface area contributed by atoms with Gasteiger partial charge in [0, 0.05) is 19.1 Å². The van der Waals surface area contributed by atoms with E-state index in [1.54, 1.807) is 0 Å². The van der Waals surface area contributed by atoms with E-state index in [0.717, 1.165) is 26.1 Å². The van der Waals surface area contributed by atoms with Crippen LogP contribution >= 0.6 is 0 Å². The molecular formula is C10H20N2O2. The van der Waals surface area contributed by atoms with Crippen molar-refractivity contribution in [2.45, 2.75) is 26.3 Å². The van der Waals surface area contributed by atoms with Crippen molar-refractivity contribution in [1.82, 2.24) is 9.80 Å². The molecule has 0 saturated carbocycles. The van der Waals surface area contributed by atoms with Crippen LogP contribution in [0.2, 0.25) is 0 Å². The molecule has 1 atom stereocenters. The molecule has 0 spiro atoms. The molecule has 0 radical (unpaired) electrons. The smallest absolute Gasteiger partial charge is 0.410 e. The molecule has 0 aromatic rings. The maximum atomic E-state index is 11.6. The third-order valence-electron chi connectivity index (χ3n) is 2.65. The zero-order valence-corrected chi connectivity index (χ0v) is 9.32. The topological polar surface area (TPSA) is 32.8 Å². The molecule has 82 valence electrons. The largest absolute Gasteiger partial charge is 0.450 e. The van der Waals surface area contributed by atoms with Gasteiger partial charge in [-0.15, -0.1) is 0 Å². The van der Waals surface area contributed by atoms with E-state index in [4.69, 9.17) is 4.74 Å². The van der Waals surface area contributed by atoms with Crippen LogP contribution in [-0.4, -0.2) is 55.2 Å². The van der Waals surface area contributed by atoms with Gasteiger partial charge in [-0.2, -0.15) is 0 Å². The number of likely N-dealkylation sites (N-methyl/N-ethyl adjacent to an activating group) is 2. The van der Waals surface area contributed by atoms with Crippen molar-refractivity contribution in [3.63, 3.8) is 0 Å². The summed E-state index contributed by atoms with van der Waals surface area (Å²) in [6.07, 6.45) is 0.888. The summed E-state index contributed by atoms with van der Waals surface area (Å²) in [5.41, 5.74) is 0. The van der Waals surface area contributed by atoms with Crippen molar-refractivity contribution >= 4 is 6.09 Å². The quantitative estimate of drug-likeness (QED) is 0.685. The monoisotopic (exact) mass is 200 g/mol. The summed E-state index contributed by atoms with van der Waals surface area (Å²) in [4.78, 5) is 15.6. The zero-order valence-electron chi connectivity index (χ0n) is 9.32. The number of nitrogens with zero attached hydrogens (tertiary/aromatic N) is 2. The summed E-state index contributed by atoms with van der Waals surface area (Å²) in [6, 6.07) is 0.337. The first-order chi connectivity index (χ1) is 6.69. The minimum atomic E-state index is -0.171. The normalized spacial score (nSPS) is 22.4. The second kappa shape index (κ2) is 5.20. The van der Waals surface area contributed by atoms with Crippen LogP contribution < -0.4 is 0 Å². The number of hydrogen-bond acceptors (Lipinski definition) is 3. The first-order valence-electron chi connectivity index (χ1n) is 5.31. The number of ether oxygens (including phenoxy) is 1. The summed E-state index contributed by atoms with van der Waals surface area (Å²) in [5.74, 6) is 0. The number of rotatable bonds is 3. The molecule has 1 aliphatic rings. The molecule has 4 heteroatoms. The Morgan fingerprint density at radius 1 is 1.57 bits per heavy atom. The molecule has 14 heavy (non-hydrogen) atoms. The minimum absolute atomic E-state index is 0.171. The molecule has 1 amide bonds. The van der Waals surface area contributed by atoms with Crippen molar-refractivity contribution in [3.8, 4) is 0 Å². The van der Waals surface area contributed by atoms with Gasteiger partial charge in [0.05, 0.1) is 6.61 Å². The van der Waals surface area contributed by atoms with E-state index in [-0.39, 0.29) is 6.09 Å². The van der Waals surface area contributed by atoms with E-state index in [1.165, 1.54) is 0 Å².